The molecule has 0 atom stereocenters. The lowest BCUT2D eigenvalue weighted by Gasteiger charge is -2.10. The highest BCUT2D eigenvalue weighted by Crippen LogP contribution is 2.27. The summed E-state index contributed by atoms with van der Waals surface area (Å²) < 4.78 is 0. The number of hydrogen-bond acceptors (Lipinski definition) is 4. The van der Waals surface area contributed by atoms with E-state index in [1.165, 1.54) is 0 Å². The zero-order valence-electron chi connectivity index (χ0n) is 12.5. The predicted molar refractivity (Wildman–Crippen MR) is 86.0 cm³/mol. The van der Waals surface area contributed by atoms with Gasteiger partial charge in [-0.1, -0.05) is 19.1 Å². The highest BCUT2D eigenvalue weighted by molar-refractivity contribution is 5.84. The molecule has 0 fully saturated rings. The van der Waals surface area contributed by atoms with Crippen LogP contribution in [0.25, 0.3) is 22.2 Å². The fourth-order valence-corrected chi connectivity index (χ4v) is 2.40. The van der Waals surface area contributed by atoms with Gasteiger partial charge in [0.15, 0.2) is 0 Å². The van der Waals surface area contributed by atoms with Crippen LogP contribution in [-0.2, 0) is 6.42 Å². The molecular formula is C17H18N4. The number of aromatic nitrogens is 3. The molecule has 3 aromatic rings. The molecule has 0 aliphatic carbocycles. The van der Waals surface area contributed by atoms with Gasteiger partial charge in [0.1, 0.15) is 11.6 Å². The molecule has 1 aromatic carbocycles. The van der Waals surface area contributed by atoms with E-state index in [-0.39, 0.29) is 0 Å². The van der Waals surface area contributed by atoms with Gasteiger partial charge in [0, 0.05) is 28.6 Å². The van der Waals surface area contributed by atoms with Crippen LogP contribution in [0.15, 0.2) is 30.3 Å². The van der Waals surface area contributed by atoms with Crippen LogP contribution in [0.3, 0.4) is 0 Å². The maximum absolute atomic E-state index is 6.00. The van der Waals surface area contributed by atoms with E-state index in [1.54, 1.807) is 0 Å². The number of nitrogen functional groups attached to an aromatic ring is 1. The predicted octanol–water partition coefficient (Wildman–Crippen LogP) is 3.45. The second kappa shape index (κ2) is 5.13. The topological polar surface area (TPSA) is 64.7 Å². The summed E-state index contributed by atoms with van der Waals surface area (Å²) in [6, 6.07) is 10.3. The molecule has 0 amide bonds. The minimum absolute atomic E-state index is 0.555. The van der Waals surface area contributed by atoms with Crippen molar-refractivity contribution in [3.05, 3.63) is 47.4 Å². The van der Waals surface area contributed by atoms with Crippen molar-refractivity contribution in [3.8, 4) is 11.3 Å². The standard InChI is InChI=1S/C17H18N4/c1-4-15-20-16(11(3)17(18)21-15)13-7-8-14-12(9-13)6-5-10(2)19-14/h5-9H,4H2,1-3H3,(H2,18,20,21). The van der Waals surface area contributed by atoms with Crippen LogP contribution >= 0.6 is 0 Å². The van der Waals surface area contributed by atoms with Crippen LogP contribution < -0.4 is 5.73 Å². The number of pyridine rings is 1. The Morgan fingerprint density at radius 3 is 2.57 bits per heavy atom. The van der Waals surface area contributed by atoms with E-state index in [0.29, 0.717) is 5.82 Å². The molecule has 106 valence electrons. The van der Waals surface area contributed by atoms with Gasteiger partial charge in [-0.05, 0) is 32.0 Å². The lowest BCUT2D eigenvalue weighted by atomic mass is 10.0. The summed E-state index contributed by atoms with van der Waals surface area (Å²) in [5.74, 6) is 1.33. The first-order valence-electron chi connectivity index (χ1n) is 7.09. The third-order valence-corrected chi connectivity index (χ3v) is 3.65. The molecule has 2 aromatic heterocycles. The molecule has 2 N–H and O–H groups in total. The van der Waals surface area contributed by atoms with Gasteiger partial charge < -0.3 is 5.73 Å². The van der Waals surface area contributed by atoms with Crippen LogP contribution in [0.5, 0.6) is 0 Å². The molecular weight excluding hydrogens is 260 g/mol. The Hall–Kier alpha value is -2.49. The van der Waals surface area contributed by atoms with E-state index in [2.05, 4.69) is 27.1 Å². The van der Waals surface area contributed by atoms with Gasteiger partial charge in [0.2, 0.25) is 0 Å². The van der Waals surface area contributed by atoms with Crippen LogP contribution in [0.2, 0.25) is 0 Å². The third kappa shape index (κ3) is 2.44. The number of nitrogens with zero attached hydrogens (tertiary/aromatic N) is 3. The second-order valence-electron chi connectivity index (χ2n) is 5.21. The molecule has 0 bridgehead atoms. The van der Waals surface area contributed by atoms with Crippen LogP contribution in [0.4, 0.5) is 5.82 Å². The summed E-state index contributed by atoms with van der Waals surface area (Å²) in [6.45, 7) is 5.98. The summed E-state index contributed by atoms with van der Waals surface area (Å²) in [6.07, 6.45) is 0.770. The smallest absolute Gasteiger partial charge is 0.131 e. The zero-order chi connectivity index (χ0) is 15.0. The lowest BCUT2D eigenvalue weighted by Crippen LogP contribution is -2.04. The average Bonchev–Trinajstić information content (AvgIpc) is 2.49. The van der Waals surface area contributed by atoms with Crippen molar-refractivity contribution in [1.29, 1.82) is 0 Å². The van der Waals surface area contributed by atoms with Crippen LogP contribution in [0.1, 0.15) is 24.0 Å². The number of fused-ring (bicyclic) bond motifs is 1. The Kier molecular flexibility index (Phi) is 3.29. The molecule has 21 heavy (non-hydrogen) atoms. The third-order valence-electron chi connectivity index (χ3n) is 3.65. The Bertz CT molecular complexity index is 824. The molecule has 4 nitrogen and oxygen atoms in total. The number of hydrogen-bond donors (Lipinski definition) is 1. The molecule has 0 aliphatic heterocycles. The van der Waals surface area contributed by atoms with Gasteiger partial charge in [-0.3, -0.25) is 4.98 Å². The van der Waals surface area contributed by atoms with Crippen molar-refractivity contribution in [2.45, 2.75) is 27.2 Å². The van der Waals surface area contributed by atoms with Gasteiger partial charge >= 0.3 is 0 Å². The molecule has 0 aliphatic rings. The molecule has 0 unspecified atom stereocenters. The number of anilines is 1. The average molecular weight is 278 g/mol. The van der Waals surface area contributed by atoms with Crippen LogP contribution in [0, 0.1) is 13.8 Å². The van der Waals surface area contributed by atoms with Crippen molar-refractivity contribution < 1.29 is 0 Å². The molecule has 4 heteroatoms. The van der Waals surface area contributed by atoms with E-state index >= 15 is 0 Å². The summed E-state index contributed by atoms with van der Waals surface area (Å²) in [7, 11) is 0. The fourth-order valence-electron chi connectivity index (χ4n) is 2.40. The van der Waals surface area contributed by atoms with Crippen molar-refractivity contribution in [1.82, 2.24) is 15.0 Å². The van der Waals surface area contributed by atoms with Gasteiger partial charge in [0.25, 0.3) is 0 Å². The van der Waals surface area contributed by atoms with Gasteiger partial charge in [0.05, 0.1) is 11.2 Å². The van der Waals surface area contributed by atoms with Crippen molar-refractivity contribution >= 4 is 16.7 Å². The van der Waals surface area contributed by atoms with E-state index in [0.717, 1.165) is 45.7 Å². The van der Waals surface area contributed by atoms with E-state index in [1.807, 2.05) is 39.0 Å². The van der Waals surface area contributed by atoms with Crippen molar-refractivity contribution in [2.75, 3.05) is 5.73 Å². The second-order valence-corrected chi connectivity index (χ2v) is 5.21. The summed E-state index contributed by atoms with van der Waals surface area (Å²) >= 11 is 0. The first-order chi connectivity index (χ1) is 10.1. The maximum Gasteiger partial charge on any atom is 0.131 e. The van der Waals surface area contributed by atoms with E-state index < -0.39 is 0 Å². The molecule has 3 rings (SSSR count). The molecule has 0 spiro atoms. The van der Waals surface area contributed by atoms with Gasteiger partial charge in [-0.25, -0.2) is 9.97 Å². The lowest BCUT2D eigenvalue weighted by molar-refractivity contribution is 0.940. The molecule has 0 radical (unpaired) electrons. The Balaban J connectivity index is 2.20. The quantitative estimate of drug-likeness (QED) is 0.779. The molecule has 0 saturated heterocycles. The highest BCUT2D eigenvalue weighted by atomic mass is 15.0. The highest BCUT2D eigenvalue weighted by Gasteiger charge is 2.10. The van der Waals surface area contributed by atoms with Gasteiger partial charge in [-0.2, -0.15) is 0 Å². The Labute approximate surface area is 124 Å². The van der Waals surface area contributed by atoms with E-state index in [9.17, 15) is 0 Å². The number of rotatable bonds is 2. The van der Waals surface area contributed by atoms with Crippen LogP contribution in [-0.4, -0.2) is 15.0 Å². The normalized spacial score (nSPS) is 11.0. The monoisotopic (exact) mass is 278 g/mol. The zero-order valence-corrected chi connectivity index (χ0v) is 12.5. The molecule has 2 heterocycles. The minimum atomic E-state index is 0.555. The van der Waals surface area contributed by atoms with Crippen molar-refractivity contribution in [3.63, 3.8) is 0 Å². The fraction of sp³-hybridized carbons (Fsp3) is 0.235. The van der Waals surface area contributed by atoms with Gasteiger partial charge in [-0.15, -0.1) is 0 Å². The summed E-state index contributed by atoms with van der Waals surface area (Å²) in [5, 5.41) is 1.10. The SMILES string of the molecule is CCc1nc(N)c(C)c(-c2ccc3nc(C)ccc3c2)n1. The number of nitrogens with two attached hydrogens (primary N) is 1. The first kappa shape index (κ1) is 13.5. The molecule has 0 saturated carbocycles. The van der Waals surface area contributed by atoms with Crippen molar-refractivity contribution in [2.24, 2.45) is 0 Å². The van der Waals surface area contributed by atoms with E-state index in [4.69, 9.17) is 5.73 Å². The Morgan fingerprint density at radius 1 is 1.00 bits per heavy atom. The number of aryl methyl sites for hydroxylation is 2. The summed E-state index contributed by atoms with van der Waals surface area (Å²) in [4.78, 5) is 13.5. The minimum Gasteiger partial charge on any atom is -0.383 e. The maximum atomic E-state index is 6.00. The first-order valence-corrected chi connectivity index (χ1v) is 7.09. The summed E-state index contributed by atoms with van der Waals surface area (Å²) in [5.41, 5.74) is 10.9. The number of benzene rings is 1. The Morgan fingerprint density at radius 2 is 1.81 bits per heavy atom. The largest absolute Gasteiger partial charge is 0.383 e.